The third-order valence-electron chi connectivity index (χ3n) is 10.4. The number of fused-ring (bicyclic) bond motifs is 9. The van der Waals surface area contributed by atoms with Gasteiger partial charge >= 0.3 is 0 Å². The lowest BCUT2D eigenvalue weighted by Gasteiger charge is -2.17. The van der Waals surface area contributed by atoms with Gasteiger partial charge in [0.05, 0.1) is 5.52 Å². The van der Waals surface area contributed by atoms with Crippen molar-refractivity contribution in [1.29, 1.82) is 0 Å². The zero-order chi connectivity index (χ0) is 32.3. The minimum absolute atomic E-state index is 0.905. The molecule has 0 fully saturated rings. The molecule has 0 bridgehead atoms. The van der Waals surface area contributed by atoms with E-state index in [0.29, 0.717) is 0 Å². The Morgan fingerprint density at radius 3 is 1.80 bits per heavy atom. The van der Waals surface area contributed by atoms with Crippen LogP contribution in [0.15, 0.2) is 176 Å². The molecule has 1 aromatic heterocycles. The summed E-state index contributed by atoms with van der Waals surface area (Å²) in [4.78, 5) is 4.83. The Morgan fingerprint density at radius 2 is 0.959 bits per heavy atom. The summed E-state index contributed by atoms with van der Waals surface area (Å²) < 4.78 is 0. The van der Waals surface area contributed by atoms with E-state index in [4.69, 9.17) is 4.98 Å². The number of allylic oxidation sites excluding steroid dienone is 1. The quantitative estimate of drug-likeness (QED) is 0.179. The number of benzene rings is 8. The minimum atomic E-state index is 0.905. The Hall–Kier alpha value is -6.31. The fourth-order valence-electron chi connectivity index (χ4n) is 8.06. The minimum Gasteiger partial charge on any atom is -0.256 e. The van der Waals surface area contributed by atoms with Gasteiger partial charge in [-0.1, -0.05) is 164 Å². The molecule has 1 heteroatoms. The summed E-state index contributed by atoms with van der Waals surface area (Å²) in [6.07, 6.45) is 5.27. The van der Waals surface area contributed by atoms with Gasteiger partial charge < -0.3 is 0 Å². The van der Waals surface area contributed by atoms with Crippen LogP contribution < -0.4 is 0 Å². The highest BCUT2D eigenvalue weighted by Gasteiger charge is 2.20. The average Bonchev–Trinajstić information content (AvgIpc) is 3.35. The number of hydrogen-bond acceptors (Lipinski definition) is 1. The van der Waals surface area contributed by atoms with Crippen molar-refractivity contribution in [3.63, 3.8) is 0 Å². The topological polar surface area (TPSA) is 12.9 Å². The van der Waals surface area contributed by atoms with Crippen molar-refractivity contribution >= 4 is 48.8 Å². The van der Waals surface area contributed by atoms with Crippen LogP contribution >= 0.6 is 0 Å². The highest BCUT2D eigenvalue weighted by Crippen LogP contribution is 2.43. The first kappa shape index (κ1) is 27.8. The summed E-state index contributed by atoms with van der Waals surface area (Å²) in [5.41, 5.74) is 13.8. The molecule has 0 saturated carbocycles. The summed E-state index contributed by atoms with van der Waals surface area (Å²) in [5.74, 6) is 0. The molecular weight excluding hydrogens is 591 g/mol. The maximum absolute atomic E-state index is 4.83. The molecule has 0 amide bonds. The van der Waals surface area contributed by atoms with Gasteiger partial charge in [-0.05, 0) is 95.1 Å². The number of pyridine rings is 1. The van der Waals surface area contributed by atoms with Crippen LogP contribution in [-0.2, 0) is 6.42 Å². The Bertz CT molecular complexity index is 2780. The molecule has 1 aliphatic carbocycles. The second kappa shape index (κ2) is 11.1. The van der Waals surface area contributed by atoms with Crippen LogP contribution in [0.2, 0.25) is 0 Å². The zero-order valence-corrected chi connectivity index (χ0v) is 26.9. The van der Waals surface area contributed by atoms with Gasteiger partial charge in [-0.3, -0.25) is 4.98 Å². The van der Waals surface area contributed by atoms with Crippen molar-refractivity contribution in [1.82, 2.24) is 4.98 Å². The van der Waals surface area contributed by atoms with Crippen LogP contribution in [0.3, 0.4) is 0 Å². The number of hydrogen-bond donors (Lipinski definition) is 0. The Balaban J connectivity index is 1.09. The summed E-state index contributed by atoms with van der Waals surface area (Å²) in [6.45, 7) is 0. The summed E-state index contributed by atoms with van der Waals surface area (Å²) >= 11 is 0. The fraction of sp³-hybridized carbons (Fsp3) is 0.0208. The predicted octanol–water partition coefficient (Wildman–Crippen LogP) is 12.7. The van der Waals surface area contributed by atoms with Crippen molar-refractivity contribution in [2.75, 3.05) is 0 Å². The molecule has 0 radical (unpaired) electrons. The fourth-order valence-corrected chi connectivity index (χ4v) is 8.06. The van der Waals surface area contributed by atoms with Crippen LogP contribution in [0.25, 0.3) is 82.2 Å². The molecule has 0 N–H and O–H groups in total. The van der Waals surface area contributed by atoms with E-state index in [1.165, 1.54) is 93.3 Å². The first-order valence-corrected chi connectivity index (χ1v) is 17.0. The maximum atomic E-state index is 4.83. The van der Waals surface area contributed by atoms with Gasteiger partial charge in [0.1, 0.15) is 0 Å². The molecular formula is C48H31N. The number of aromatic nitrogens is 1. The van der Waals surface area contributed by atoms with E-state index in [0.717, 1.165) is 11.9 Å². The van der Waals surface area contributed by atoms with Crippen LogP contribution in [0.5, 0.6) is 0 Å². The van der Waals surface area contributed by atoms with Gasteiger partial charge in [-0.15, -0.1) is 0 Å². The largest absolute Gasteiger partial charge is 0.256 e. The highest BCUT2D eigenvalue weighted by atomic mass is 14.6. The van der Waals surface area contributed by atoms with Gasteiger partial charge in [-0.25, -0.2) is 0 Å². The molecule has 1 heterocycles. The van der Waals surface area contributed by atoms with Crippen LogP contribution in [-0.4, -0.2) is 4.98 Å². The van der Waals surface area contributed by atoms with E-state index in [2.05, 4.69) is 170 Å². The number of nitrogens with zero attached hydrogens (tertiary/aromatic N) is 1. The smallest absolute Gasteiger partial charge is 0.0786 e. The van der Waals surface area contributed by atoms with Crippen LogP contribution in [0, 0.1) is 0 Å². The van der Waals surface area contributed by atoms with Gasteiger partial charge in [0.25, 0.3) is 0 Å². The molecule has 0 spiro atoms. The predicted molar refractivity (Wildman–Crippen MR) is 208 cm³/mol. The Kier molecular flexibility index (Phi) is 6.32. The molecule has 9 aromatic rings. The summed E-state index contributed by atoms with van der Waals surface area (Å²) in [6, 6.07) is 59.9. The van der Waals surface area contributed by atoms with Crippen LogP contribution in [0.1, 0.15) is 16.7 Å². The molecule has 228 valence electrons. The van der Waals surface area contributed by atoms with E-state index < -0.39 is 0 Å². The second-order valence-corrected chi connectivity index (χ2v) is 13.0. The van der Waals surface area contributed by atoms with Gasteiger partial charge in [0.15, 0.2) is 0 Å². The van der Waals surface area contributed by atoms with Crippen molar-refractivity contribution in [3.8, 4) is 33.4 Å². The van der Waals surface area contributed by atoms with Gasteiger partial charge in [0, 0.05) is 17.0 Å². The van der Waals surface area contributed by atoms with Crippen molar-refractivity contribution in [2.24, 2.45) is 0 Å². The lowest BCUT2D eigenvalue weighted by molar-refractivity contribution is 1.29. The third kappa shape index (κ3) is 4.43. The molecule has 10 rings (SSSR count). The normalized spacial score (nSPS) is 12.5. The molecule has 0 atom stereocenters. The molecule has 0 aliphatic heterocycles. The summed E-state index contributed by atoms with van der Waals surface area (Å²) in [7, 11) is 0. The monoisotopic (exact) mass is 621 g/mol. The first-order valence-electron chi connectivity index (χ1n) is 17.0. The van der Waals surface area contributed by atoms with Crippen LogP contribution in [0.4, 0.5) is 0 Å². The lowest BCUT2D eigenvalue weighted by Crippen LogP contribution is -1.93. The lowest BCUT2D eigenvalue weighted by atomic mass is 9.87. The van der Waals surface area contributed by atoms with E-state index in [1.54, 1.807) is 0 Å². The van der Waals surface area contributed by atoms with Crippen molar-refractivity contribution in [2.45, 2.75) is 6.42 Å². The number of rotatable bonds is 3. The third-order valence-corrected chi connectivity index (χ3v) is 10.4. The molecule has 0 unspecified atom stereocenters. The second-order valence-electron chi connectivity index (χ2n) is 13.0. The van der Waals surface area contributed by atoms with E-state index in [1.807, 2.05) is 6.20 Å². The van der Waals surface area contributed by atoms with Gasteiger partial charge in [0.2, 0.25) is 0 Å². The van der Waals surface area contributed by atoms with E-state index in [-0.39, 0.29) is 0 Å². The van der Waals surface area contributed by atoms with E-state index >= 15 is 0 Å². The molecule has 0 saturated heterocycles. The maximum Gasteiger partial charge on any atom is 0.0786 e. The van der Waals surface area contributed by atoms with E-state index in [9.17, 15) is 0 Å². The zero-order valence-electron chi connectivity index (χ0n) is 26.9. The van der Waals surface area contributed by atoms with Crippen molar-refractivity contribution < 1.29 is 0 Å². The standard InChI is InChI=1S/C48H31N/c1-4-12-38-31(9-1)21-24-37(45-25-22-32-10-2-5-13-39(32)47(38)45)35-19-17-34(18-20-35)36-27-28-43(42-16-8-7-15-41(36)42)44-29-30-49-48-40-14-6-3-11-33(40)23-26-46(44)48/h1-20,22-30H,21H2. The molecule has 8 aromatic carbocycles. The molecule has 49 heavy (non-hydrogen) atoms. The average molecular weight is 622 g/mol. The highest BCUT2D eigenvalue weighted by molar-refractivity contribution is 6.14. The van der Waals surface area contributed by atoms with Crippen molar-refractivity contribution in [3.05, 3.63) is 193 Å². The Labute approximate surface area is 285 Å². The SMILES string of the molecule is C1=C(c2ccc(-c3ccc(-c4ccnc5c4ccc4ccccc45)c4ccccc34)cc2)c2ccc3ccccc3c2-c2ccccc2C1. The summed E-state index contributed by atoms with van der Waals surface area (Å²) in [5, 5.41) is 8.65. The molecule has 1 aliphatic rings. The Morgan fingerprint density at radius 1 is 0.367 bits per heavy atom. The first-order chi connectivity index (χ1) is 24.3. The molecule has 1 nitrogen and oxygen atoms in total. The van der Waals surface area contributed by atoms with Gasteiger partial charge in [-0.2, -0.15) is 0 Å².